The van der Waals surface area contributed by atoms with E-state index in [4.69, 9.17) is 9.47 Å². The maximum absolute atomic E-state index is 11.9. The monoisotopic (exact) mass is 230 g/mol. The van der Waals surface area contributed by atoms with Crippen LogP contribution in [0.2, 0.25) is 0 Å². The van der Waals surface area contributed by atoms with Gasteiger partial charge in [0.15, 0.2) is 0 Å². The molecule has 0 bridgehead atoms. The Balaban J connectivity index is 1.84. The summed E-state index contributed by atoms with van der Waals surface area (Å²) in [7, 11) is -1.23. The molecular formula is C6H14O3S3. The predicted octanol–water partition coefficient (Wildman–Crippen LogP) is 0.543. The van der Waals surface area contributed by atoms with Gasteiger partial charge in [0.1, 0.15) is 11.9 Å². The van der Waals surface area contributed by atoms with Crippen LogP contribution >= 0.6 is 19.9 Å². The molecule has 2 aliphatic rings. The van der Waals surface area contributed by atoms with Crippen molar-refractivity contribution in [3.63, 3.8) is 0 Å². The van der Waals surface area contributed by atoms with Crippen LogP contribution < -0.4 is 0 Å². The van der Waals surface area contributed by atoms with E-state index in [0.29, 0.717) is 0 Å². The Labute approximate surface area is 79.9 Å². The first-order valence-corrected chi connectivity index (χ1v) is 9.74. The van der Waals surface area contributed by atoms with Crippen molar-refractivity contribution in [2.45, 2.75) is 0 Å². The SMILES string of the molecule is [O-][S+]([SH]1CCOC1)[SH]1CCOC1. The second kappa shape index (κ2) is 4.43. The molecule has 74 valence electrons. The zero-order valence-electron chi connectivity index (χ0n) is 6.77. The zero-order chi connectivity index (χ0) is 8.39. The highest BCUT2D eigenvalue weighted by molar-refractivity contribution is 9.13. The van der Waals surface area contributed by atoms with E-state index in [1.807, 2.05) is 0 Å². The molecule has 2 fully saturated rings. The van der Waals surface area contributed by atoms with Gasteiger partial charge in [-0.15, -0.1) is 0 Å². The summed E-state index contributed by atoms with van der Waals surface area (Å²) in [5.41, 5.74) is 0. The smallest absolute Gasteiger partial charge is 0.114 e. The van der Waals surface area contributed by atoms with E-state index in [1.165, 1.54) is 0 Å². The number of hydrogen-bond donors (Lipinski definition) is 2. The summed E-state index contributed by atoms with van der Waals surface area (Å²) >= 11 is 0. The molecule has 0 aromatic heterocycles. The van der Waals surface area contributed by atoms with Gasteiger partial charge in [-0.2, -0.15) is 0 Å². The summed E-state index contributed by atoms with van der Waals surface area (Å²) in [6, 6.07) is 0. The first-order valence-electron chi connectivity index (χ1n) is 3.95. The lowest BCUT2D eigenvalue weighted by Crippen LogP contribution is -2.05. The number of hydrogen-bond acceptors (Lipinski definition) is 3. The van der Waals surface area contributed by atoms with Crippen molar-refractivity contribution in [2.24, 2.45) is 0 Å². The molecule has 6 heteroatoms. The van der Waals surface area contributed by atoms with Crippen LogP contribution in [0.5, 0.6) is 0 Å². The van der Waals surface area contributed by atoms with Crippen LogP contribution in [0.25, 0.3) is 0 Å². The lowest BCUT2D eigenvalue weighted by atomic mass is 10.9. The quantitative estimate of drug-likeness (QED) is 0.413. The molecule has 3 nitrogen and oxygen atoms in total. The van der Waals surface area contributed by atoms with Crippen LogP contribution in [0.1, 0.15) is 0 Å². The maximum Gasteiger partial charge on any atom is 0.114 e. The highest BCUT2D eigenvalue weighted by Gasteiger charge is 2.31. The second-order valence-corrected chi connectivity index (χ2v) is 12.5. The lowest BCUT2D eigenvalue weighted by molar-refractivity contribution is 0.217. The fourth-order valence-electron chi connectivity index (χ4n) is 1.20. The van der Waals surface area contributed by atoms with Crippen molar-refractivity contribution < 1.29 is 14.0 Å². The fourth-order valence-corrected chi connectivity index (χ4v) is 12.2. The summed E-state index contributed by atoms with van der Waals surface area (Å²) in [6.45, 7) is 1.64. The summed E-state index contributed by atoms with van der Waals surface area (Å²) in [6.07, 6.45) is 0. The Morgan fingerprint density at radius 3 is 1.83 bits per heavy atom. The Hall–Kier alpha value is 0.930. The molecule has 0 radical (unpaired) electrons. The zero-order valence-corrected chi connectivity index (χ0v) is 9.38. The molecule has 2 heterocycles. The van der Waals surface area contributed by atoms with Crippen LogP contribution in [0.3, 0.4) is 0 Å². The van der Waals surface area contributed by atoms with Gasteiger partial charge in [0.25, 0.3) is 0 Å². The minimum Gasteiger partial charge on any atom is -0.597 e. The van der Waals surface area contributed by atoms with Crippen LogP contribution in [0, 0.1) is 0 Å². The molecule has 12 heavy (non-hydrogen) atoms. The topological polar surface area (TPSA) is 41.5 Å². The van der Waals surface area contributed by atoms with E-state index in [-0.39, 0.29) is 19.9 Å². The van der Waals surface area contributed by atoms with Crippen LogP contribution in [-0.2, 0) is 18.7 Å². The molecular weight excluding hydrogens is 216 g/mol. The molecule has 0 N–H and O–H groups in total. The number of thiol groups is 2. The summed E-state index contributed by atoms with van der Waals surface area (Å²) < 4.78 is 22.3. The van der Waals surface area contributed by atoms with Gasteiger partial charge in [0.2, 0.25) is 0 Å². The Bertz CT molecular complexity index is 129. The molecule has 0 saturated carbocycles. The maximum atomic E-state index is 11.9. The molecule has 0 amide bonds. The van der Waals surface area contributed by atoms with E-state index in [1.54, 1.807) is 0 Å². The van der Waals surface area contributed by atoms with Crippen LogP contribution in [-0.4, -0.2) is 41.2 Å². The van der Waals surface area contributed by atoms with Gasteiger partial charge in [-0.25, -0.2) is 0 Å². The molecule has 2 atom stereocenters. The molecule has 0 aromatic carbocycles. The molecule has 0 aliphatic carbocycles. The van der Waals surface area contributed by atoms with E-state index < -0.39 is 9.24 Å². The normalized spacial score (nSPS) is 44.8. The van der Waals surface area contributed by atoms with Gasteiger partial charge in [-0.05, 0) is 0 Å². The van der Waals surface area contributed by atoms with Crippen molar-refractivity contribution in [1.29, 1.82) is 0 Å². The van der Waals surface area contributed by atoms with Crippen molar-refractivity contribution >= 4 is 29.1 Å². The molecule has 2 aliphatic heterocycles. The Morgan fingerprint density at radius 1 is 1.00 bits per heavy atom. The minimum atomic E-state index is -0.591. The van der Waals surface area contributed by atoms with Crippen molar-refractivity contribution in [1.82, 2.24) is 0 Å². The molecule has 2 unspecified atom stereocenters. The minimum absolute atomic E-state index is 0.319. The first-order chi connectivity index (χ1) is 5.88. The van der Waals surface area contributed by atoms with Gasteiger partial charge in [-0.3, -0.25) is 0 Å². The van der Waals surface area contributed by atoms with Crippen molar-refractivity contribution in [2.75, 3.05) is 36.6 Å². The fraction of sp³-hybridized carbons (Fsp3) is 1.00. The molecule has 2 saturated heterocycles. The van der Waals surface area contributed by atoms with E-state index in [2.05, 4.69) is 0 Å². The molecule has 0 aromatic rings. The first kappa shape index (κ1) is 9.48. The number of rotatable bonds is 2. The van der Waals surface area contributed by atoms with Crippen LogP contribution in [0.4, 0.5) is 0 Å². The standard InChI is InChI=1S/C6H14O3S3/c7-12(10-3-1-8-5-10)11-4-2-9-6-11/h10-11H,1-6H2. The van der Waals surface area contributed by atoms with E-state index >= 15 is 0 Å². The highest BCUT2D eigenvalue weighted by Crippen LogP contribution is 2.52. The third-order valence-electron chi connectivity index (χ3n) is 1.88. The Morgan fingerprint density at radius 2 is 1.50 bits per heavy atom. The number of ether oxygens (including phenoxy) is 2. The van der Waals surface area contributed by atoms with Crippen molar-refractivity contribution in [3.05, 3.63) is 0 Å². The summed E-state index contributed by atoms with van der Waals surface area (Å²) in [4.78, 5) is 0. The third kappa shape index (κ3) is 2.05. The van der Waals surface area contributed by atoms with Gasteiger partial charge in [-0.1, -0.05) is 19.9 Å². The summed E-state index contributed by atoms with van der Waals surface area (Å²) in [5.74, 6) is 3.61. The van der Waals surface area contributed by atoms with Gasteiger partial charge >= 0.3 is 0 Å². The van der Waals surface area contributed by atoms with E-state index in [9.17, 15) is 4.55 Å². The molecule has 0 spiro atoms. The van der Waals surface area contributed by atoms with Gasteiger partial charge in [0, 0.05) is 20.7 Å². The average molecular weight is 230 g/mol. The predicted molar refractivity (Wildman–Crippen MR) is 57.5 cm³/mol. The largest absolute Gasteiger partial charge is 0.597 e. The Kier molecular flexibility index (Phi) is 3.50. The average Bonchev–Trinajstić information content (AvgIpc) is 2.77. The van der Waals surface area contributed by atoms with Gasteiger partial charge in [0.05, 0.1) is 13.2 Å². The van der Waals surface area contributed by atoms with Crippen LogP contribution in [0.15, 0.2) is 0 Å². The van der Waals surface area contributed by atoms with Crippen molar-refractivity contribution in [3.8, 4) is 0 Å². The molecule has 2 rings (SSSR count). The highest BCUT2D eigenvalue weighted by atomic mass is 33.6. The second-order valence-electron chi connectivity index (χ2n) is 2.72. The van der Waals surface area contributed by atoms with Gasteiger partial charge < -0.3 is 14.0 Å². The van der Waals surface area contributed by atoms with E-state index in [0.717, 1.165) is 36.6 Å². The summed E-state index contributed by atoms with van der Waals surface area (Å²) in [5, 5.41) is 0. The third-order valence-corrected chi connectivity index (χ3v) is 13.6. The lowest BCUT2D eigenvalue weighted by Gasteiger charge is -2.24.